The van der Waals surface area contributed by atoms with Crippen LogP contribution in [0.5, 0.6) is 11.5 Å². The van der Waals surface area contributed by atoms with Gasteiger partial charge in [0.2, 0.25) is 0 Å². The number of amides is 1. The lowest BCUT2D eigenvalue weighted by atomic mass is 10.2. The van der Waals surface area contributed by atoms with Crippen LogP contribution in [-0.2, 0) is 6.42 Å². The van der Waals surface area contributed by atoms with Gasteiger partial charge in [-0.25, -0.2) is 0 Å². The summed E-state index contributed by atoms with van der Waals surface area (Å²) in [4.78, 5) is 13.4. The van der Waals surface area contributed by atoms with Crippen molar-refractivity contribution in [3.8, 4) is 11.5 Å². The molecule has 0 spiro atoms. The fourth-order valence-corrected chi connectivity index (χ4v) is 2.87. The molecule has 110 valence electrons. The normalized spacial score (nSPS) is 13.5. The zero-order valence-electron chi connectivity index (χ0n) is 11.6. The van der Waals surface area contributed by atoms with Crippen LogP contribution in [0.1, 0.15) is 21.7 Å². The number of fused-ring (bicyclic) bond motifs is 1. The molecule has 0 atom stereocenters. The van der Waals surface area contributed by atoms with E-state index < -0.39 is 0 Å². The van der Waals surface area contributed by atoms with Crippen LogP contribution in [0, 0.1) is 0 Å². The molecule has 0 aliphatic carbocycles. The number of rotatable bonds is 4. The smallest absolute Gasteiger partial charge is 0.251 e. The Bertz CT molecular complexity index is 610. The number of carbonyl (C=O) groups excluding carboxylic acids is 1. The van der Waals surface area contributed by atoms with Crippen molar-refractivity contribution in [3.63, 3.8) is 0 Å². The molecular weight excluding hydrogens is 286 g/mol. The van der Waals surface area contributed by atoms with E-state index in [2.05, 4.69) is 11.4 Å². The van der Waals surface area contributed by atoms with Crippen molar-refractivity contribution in [2.75, 3.05) is 19.8 Å². The van der Waals surface area contributed by atoms with Gasteiger partial charge in [-0.05, 0) is 36.1 Å². The number of hydrogen-bond donors (Lipinski definition) is 1. The van der Waals surface area contributed by atoms with Crippen molar-refractivity contribution in [1.82, 2.24) is 5.32 Å². The van der Waals surface area contributed by atoms with Crippen LogP contribution in [0.2, 0.25) is 0 Å². The summed E-state index contributed by atoms with van der Waals surface area (Å²) in [7, 11) is 0. The Morgan fingerprint density at radius 2 is 2.05 bits per heavy atom. The van der Waals surface area contributed by atoms with Gasteiger partial charge in [0.25, 0.3) is 5.91 Å². The topological polar surface area (TPSA) is 47.6 Å². The molecule has 5 heteroatoms. The van der Waals surface area contributed by atoms with Crippen molar-refractivity contribution in [2.24, 2.45) is 0 Å². The maximum atomic E-state index is 12.1. The maximum absolute atomic E-state index is 12.1. The standard InChI is InChI=1S/C16H17NO3S/c18-16(17-7-6-13-3-1-10-21-13)12-4-5-14-15(11-12)20-9-2-8-19-14/h1,3-5,10-11H,2,6-9H2,(H,17,18). The molecule has 0 bridgehead atoms. The summed E-state index contributed by atoms with van der Waals surface area (Å²) in [6, 6.07) is 9.42. The molecule has 0 fully saturated rings. The zero-order valence-corrected chi connectivity index (χ0v) is 12.4. The van der Waals surface area contributed by atoms with Crippen LogP contribution in [0.15, 0.2) is 35.7 Å². The van der Waals surface area contributed by atoms with Crippen molar-refractivity contribution in [1.29, 1.82) is 0 Å². The molecule has 3 rings (SSSR count). The molecule has 1 aliphatic heterocycles. The minimum absolute atomic E-state index is 0.0813. The maximum Gasteiger partial charge on any atom is 0.251 e. The third-order valence-corrected chi connectivity index (χ3v) is 4.18. The molecule has 0 saturated carbocycles. The van der Waals surface area contributed by atoms with Crippen LogP contribution in [0.4, 0.5) is 0 Å². The van der Waals surface area contributed by atoms with Gasteiger partial charge in [-0.1, -0.05) is 6.07 Å². The summed E-state index contributed by atoms with van der Waals surface area (Å²) in [6.45, 7) is 1.91. The number of nitrogens with one attached hydrogen (secondary N) is 1. The van der Waals surface area contributed by atoms with Crippen molar-refractivity contribution >= 4 is 17.2 Å². The van der Waals surface area contributed by atoms with Crippen LogP contribution in [0.3, 0.4) is 0 Å². The molecule has 2 aromatic rings. The molecule has 1 N–H and O–H groups in total. The van der Waals surface area contributed by atoms with E-state index in [4.69, 9.17) is 9.47 Å². The number of thiophene rings is 1. The largest absolute Gasteiger partial charge is 0.490 e. The number of ether oxygens (including phenoxy) is 2. The summed E-state index contributed by atoms with van der Waals surface area (Å²) in [6.07, 6.45) is 1.71. The van der Waals surface area contributed by atoms with Crippen molar-refractivity contribution in [3.05, 3.63) is 46.2 Å². The second-order valence-corrected chi connectivity index (χ2v) is 5.83. The average Bonchev–Trinajstić information content (AvgIpc) is 2.90. The van der Waals surface area contributed by atoms with E-state index in [1.54, 1.807) is 29.5 Å². The Balaban J connectivity index is 1.60. The lowest BCUT2D eigenvalue weighted by Gasteiger charge is -2.09. The molecule has 1 aromatic carbocycles. The summed E-state index contributed by atoms with van der Waals surface area (Å²) < 4.78 is 11.2. The van der Waals surface area contributed by atoms with Crippen LogP contribution in [-0.4, -0.2) is 25.7 Å². The van der Waals surface area contributed by atoms with E-state index in [0.29, 0.717) is 36.8 Å². The fraction of sp³-hybridized carbons (Fsp3) is 0.312. The highest BCUT2D eigenvalue weighted by Crippen LogP contribution is 2.30. The quantitative estimate of drug-likeness (QED) is 0.945. The Labute approximate surface area is 127 Å². The molecular formula is C16H17NO3S. The highest BCUT2D eigenvalue weighted by Gasteiger charge is 2.13. The Morgan fingerprint density at radius 1 is 1.19 bits per heavy atom. The summed E-state index contributed by atoms with van der Waals surface area (Å²) in [5, 5.41) is 4.97. The Morgan fingerprint density at radius 3 is 2.86 bits per heavy atom. The van der Waals surface area contributed by atoms with E-state index in [0.717, 1.165) is 12.8 Å². The second-order valence-electron chi connectivity index (χ2n) is 4.80. The summed E-state index contributed by atoms with van der Waals surface area (Å²) in [5.74, 6) is 1.28. The molecule has 21 heavy (non-hydrogen) atoms. The molecule has 1 aromatic heterocycles. The molecule has 1 amide bonds. The first-order chi connectivity index (χ1) is 10.3. The predicted molar refractivity (Wildman–Crippen MR) is 82.4 cm³/mol. The third kappa shape index (κ3) is 3.55. The van der Waals surface area contributed by atoms with Gasteiger partial charge in [0.15, 0.2) is 11.5 Å². The number of hydrogen-bond acceptors (Lipinski definition) is 4. The van der Waals surface area contributed by atoms with Crippen LogP contribution < -0.4 is 14.8 Å². The van der Waals surface area contributed by atoms with E-state index in [-0.39, 0.29) is 5.91 Å². The van der Waals surface area contributed by atoms with E-state index in [1.807, 2.05) is 11.4 Å². The lowest BCUT2D eigenvalue weighted by molar-refractivity contribution is 0.0953. The Hall–Kier alpha value is -2.01. The van der Waals surface area contributed by atoms with Gasteiger partial charge in [-0.2, -0.15) is 0 Å². The van der Waals surface area contributed by atoms with Crippen molar-refractivity contribution < 1.29 is 14.3 Å². The number of carbonyl (C=O) groups is 1. The fourth-order valence-electron chi connectivity index (χ4n) is 2.16. The van der Waals surface area contributed by atoms with Gasteiger partial charge in [-0.3, -0.25) is 4.79 Å². The van der Waals surface area contributed by atoms with Crippen LogP contribution in [0.25, 0.3) is 0 Å². The first kappa shape index (κ1) is 13.9. The second kappa shape index (κ2) is 6.63. The van der Waals surface area contributed by atoms with E-state index >= 15 is 0 Å². The minimum atomic E-state index is -0.0813. The molecule has 4 nitrogen and oxygen atoms in total. The van der Waals surface area contributed by atoms with E-state index in [9.17, 15) is 4.79 Å². The molecule has 2 heterocycles. The minimum Gasteiger partial charge on any atom is -0.490 e. The van der Waals surface area contributed by atoms with Gasteiger partial charge < -0.3 is 14.8 Å². The van der Waals surface area contributed by atoms with Gasteiger partial charge in [0.05, 0.1) is 13.2 Å². The molecule has 0 radical (unpaired) electrons. The first-order valence-electron chi connectivity index (χ1n) is 7.03. The zero-order chi connectivity index (χ0) is 14.5. The average molecular weight is 303 g/mol. The number of benzene rings is 1. The third-order valence-electron chi connectivity index (χ3n) is 3.25. The molecule has 0 unspecified atom stereocenters. The highest BCUT2D eigenvalue weighted by molar-refractivity contribution is 7.09. The van der Waals surface area contributed by atoms with Crippen molar-refractivity contribution in [2.45, 2.75) is 12.8 Å². The first-order valence-corrected chi connectivity index (χ1v) is 7.91. The lowest BCUT2D eigenvalue weighted by Crippen LogP contribution is -2.25. The van der Waals surface area contributed by atoms with E-state index in [1.165, 1.54) is 4.88 Å². The van der Waals surface area contributed by atoms with Gasteiger partial charge in [-0.15, -0.1) is 11.3 Å². The predicted octanol–water partition coefficient (Wildman–Crippen LogP) is 2.88. The summed E-state index contributed by atoms with van der Waals surface area (Å²) in [5.41, 5.74) is 0.602. The van der Waals surface area contributed by atoms with Gasteiger partial charge in [0, 0.05) is 23.4 Å². The van der Waals surface area contributed by atoms with Gasteiger partial charge >= 0.3 is 0 Å². The SMILES string of the molecule is O=C(NCCc1cccs1)c1ccc2c(c1)OCCCO2. The Kier molecular flexibility index (Phi) is 4.40. The summed E-state index contributed by atoms with van der Waals surface area (Å²) >= 11 is 1.70. The monoisotopic (exact) mass is 303 g/mol. The molecule has 0 saturated heterocycles. The van der Waals surface area contributed by atoms with Gasteiger partial charge in [0.1, 0.15) is 0 Å². The molecule has 1 aliphatic rings. The highest BCUT2D eigenvalue weighted by atomic mass is 32.1. The van der Waals surface area contributed by atoms with Crippen LogP contribution >= 0.6 is 11.3 Å².